The van der Waals surface area contributed by atoms with E-state index in [2.05, 4.69) is 38.7 Å². The summed E-state index contributed by atoms with van der Waals surface area (Å²) in [4.78, 5) is 19.7. The molecule has 0 saturated carbocycles. The monoisotopic (exact) mass is 476 g/mol. The topological polar surface area (TPSA) is 66.4 Å². The van der Waals surface area contributed by atoms with Crippen molar-refractivity contribution in [1.82, 2.24) is 0 Å². The van der Waals surface area contributed by atoms with Crippen LogP contribution in [0, 0.1) is 0 Å². The zero-order valence-corrected chi connectivity index (χ0v) is 20.8. The third-order valence-electron chi connectivity index (χ3n) is 3.53. The summed E-state index contributed by atoms with van der Waals surface area (Å²) in [5.74, 6) is -1.53. The van der Waals surface area contributed by atoms with Crippen LogP contribution in [0.2, 0.25) is 13.3 Å². The van der Waals surface area contributed by atoms with E-state index in [0.717, 1.165) is 0 Å². The molecule has 152 valence electrons. The molecule has 0 saturated heterocycles. The molecule has 0 aliphatic heterocycles. The number of hydrogen-bond acceptors (Lipinski definition) is 4. The van der Waals surface area contributed by atoms with Crippen LogP contribution in [0.4, 0.5) is 0 Å². The number of esters is 1. The minimum atomic E-state index is -1.19. The van der Waals surface area contributed by atoms with Gasteiger partial charge in [-0.25, -0.2) is 4.79 Å². The van der Waals surface area contributed by atoms with Crippen molar-refractivity contribution in [2.24, 2.45) is 0 Å². The second-order valence-electron chi connectivity index (χ2n) is 6.40. The molecular formula is C21H40O4Sn. The molecule has 0 unspecified atom stereocenters. The Morgan fingerprint density at radius 1 is 0.846 bits per heavy atom. The Hall–Kier alpha value is -0.781. The quantitative estimate of drug-likeness (QED) is 0.242. The van der Waals surface area contributed by atoms with Crippen molar-refractivity contribution in [2.45, 2.75) is 86.5 Å². The number of unbranched alkanes of at least 4 members (excludes halogenated alkanes) is 3. The SMILES string of the molecule is C=C(C)C(=O)OC.C=C(C)C(=O)[O-].CCC[CH2][Sn+]([CH2]CCC)[CH2]CCC. The van der Waals surface area contributed by atoms with Gasteiger partial charge in [0.2, 0.25) is 0 Å². The fourth-order valence-corrected chi connectivity index (χ4v) is 11.3. The molecule has 0 aromatic carbocycles. The van der Waals surface area contributed by atoms with Gasteiger partial charge in [0.1, 0.15) is 0 Å². The third-order valence-corrected chi connectivity index (χ3v) is 12.6. The van der Waals surface area contributed by atoms with Gasteiger partial charge >= 0.3 is 98.3 Å². The summed E-state index contributed by atoms with van der Waals surface area (Å²) in [6.07, 6.45) is 8.85. The predicted molar refractivity (Wildman–Crippen MR) is 112 cm³/mol. The van der Waals surface area contributed by atoms with Crippen LogP contribution < -0.4 is 5.11 Å². The standard InChI is InChI=1S/C5H8O2.C4H6O2.3C4H9.Sn/c1-4(2)5(6)7-3;1-3(2)4(5)6;3*1-3-4-2;/h1H2,2-3H3;1H2,2H3,(H,5,6);3*1,3-4H2,2H3;/q;;;;;+1/p-1. The number of rotatable bonds is 11. The van der Waals surface area contributed by atoms with E-state index in [1.54, 1.807) is 20.2 Å². The summed E-state index contributed by atoms with van der Waals surface area (Å²) in [5.41, 5.74) is 0.498. The average Bonchev–Trinajstić information content (AvgIpc) is 2.61. The second-order valence-corrected chi connectivity index (χ2v) is 15.0. The summed E-state index contributed by atoms with van der Waals surface area (Å²) >= 11 is -0.839. The number of hydrogen-bond donors (Lipinski definition) is 0. The zero-order valence-electron chi connectivity index (χ0n) is 17.9. The number of carbonyl (C=O) groups is 2. The van der Waals surface area contributed by atoms with E-state index in [0.29, 0.717) is 5.57 Å². The molecule has 0 aliphatic rings. The number of carbonyl (C=O) groups excluding carboxylic acids is 2. The summed E-state index contributed by atoms with van der Waals surface area (Å²) in [7, 11) is 1.33. The van der Waals surface area contributed by atoms with Crippen LogP contribution in [0.1, 0.15) is 73.1 Å². The number of methoxy groups -OCH3 is 1. The molecule has 0 rings (SSSR count). The molecule has 0 heterocycles. The Morgan fingerprint density at radius 3 is 1.27 bits per heavy atom. The van der Waals surface area contributed by atoms with Gasteiger partial charge in [-0.15, -0.1) is 0 Å². The van der Waals surface area contributed by atoms with Crippen LogP contribution in [0.25, 0.3) is 0 Å². The molecular weight excluding hydrogens is 435 g/mol. The van der Waals surface area contributed by atoms with Gasteiger partial charge < -0.3 is 14.6 Å². The van der Waals surface area contributed by atoms with Gasteiger partial charge in [-0.1, -0.05) is 13.2 Å². The van der Waals surface area contributed by atoms with E-state index in [9.17, 15) is 14.7 Å². The first-order valence-electron chi connectivity index (χ1n) is 9.61. The molecule has 5 heteroatoms. The number of aliphatic carboxylic acids is 1. The first kappa shape index (κ1) is 30.0. The second kappa shape index (κ2) is 22.3. The van der Waals surface area contributed by atoms with Crippen LogP contribution in [-0.2, 0) is 14.3 Å². The predicted octanol–water partition coefficient (Wildman–Crippen LogP) is 4.93. The van der Waals surface area contributed by atoms with Crippen molar-refractivity contribution in [3.63, 3.8) is 0 Å². The maximum atomic E-state index is 10.2. The van der Waals surface area contributed by atoms with Gasteiger partial charge in [0.25, 0.3) is 0 Å². The Morgan fingerprint density at radius 2 is 1.15 bits per heavy atom. The van der Waals surface area contributed by atoms with Crippen LogP contribution >= 0.6 is 0 Å². The Kier molecular flexibility index (Phi) is 25.7. The number of ether oxygens (including phenoxy) is 1. The van der Waals surface area contributed by atoms with Crippen molar-refractivity contribution in [1.29, 1.82) is 0 Å². The molecule has 0 aromatic rings. The van der Waals surface area contributed by atoms with Crippen molar-refractivity contribution in [3.05, 3.63) is 24.3 Å². The van der Waals surface area contributed by atoms with Crippen LogP contribution in [0.15, 0.2) is 24.3 Å². The van der Waals surface area contributed by atoms with E-state index in [-0.39, 0.29) is 11.5 Å². The van der Waals surface area contributed by atoms with Gasteiger partial charge in [-0.05, 0) is 19.4 Å². The van der Waals surface area contributed by atoms with Gasteiger partial charge in [0.15, 0.2) is 0 Å². The molecule has 0 atom stereocenters. The molecule has 0 bridgehead atoms. The number of carboxylic acid groups (broad SMARTS) is 1. The first-order valence-corrected chi connectivity index (χ1v) is 15.7. The third kappa shape index (κ3) is 25.5. The van der Waals surface area contributed by atoms with E-state index in [4.69, 9.17) is 0 Å². The van der Waals surface area contributed by atoms with Crippen molar-refractivity contribution in [2.75, 3.05) is 7.11 Å². The molecule has 0 spiro atoms. The van der Waals surface area contributed by atoms with Crippen molar-refractivity contribution in [3.8, 4) is 0 Å². The summed E-state index contributed by atoms with van der Waals surface area (Å²) in [5, 5.41) is 9.49. The first-order chi connectivity index (χ1) is 12.2. The van der Waals surface area contributed by atoms with Gasteiger partial charge in [0, 0.05) is 5.57 Å². The van der Waals surface area contributed by atoms with Crippen LogP contribution in [-0.4, -0.2) is 38.8 Å². The average molecular weight is 475 g/mol. The van der Waals surface area contributed by atoms with Crippen LogP contribution in [0.5, 0.6) is 0 Å². The van der Waals surface area contributed by atoms with E-state index in [1.165, 1.54) is 52.6 Å². The fourth-order valence-electron chi connectivity index (χ4n) is 1.83. The molecule has 0 fully saturated rings. The molecule has 0 N–H and O–H groups in total. The van der Waals surface area contributed by atoms with E-state index >= 15 is 0 Å². The molecule has 0 aromatic heterocycles. The Bertz CT molecular complexity index is 360. The Balaban J connectivity index is -0.000000342. The van der Waals surface area contributed by atoms with Gasteiger partial charge in [-0.2, -0.15) is 0 Å². The Labute approximate surface area is 168 Å². The van der Waals surface area contributed by atoms with Crippen LogP contribution in [0.3, 0.4) is 0 Å². The molecule has 26 heavy (non-hydrogen) atoms. The maximum absolute atomic E-state index is 10.2. The molecule has 4 nitrogen and oxygen atoms in total. The fraction of sp³-hybridized carbons (Fsp3) is 0.714. The molecule has 0 radical (unpaired) electrons. The van der Waals surface area contributed by atoms with Crippen molar-refractivity contribution >= 4 is 31.7 Å². The minimum absolute atomic E-state index is 0.0648. The summed E-state index contributed by atoms with van der Waals surface area (Å²) in [6.45, 7) is 16.4. The van der Waals surface area contributed by atoms with E-state index < -0.39 is 25.7 Å². The summed E-state index contributed by atoms with van der Waals surface area (Å²) in [6, 6.07) is 0. The molecule has 0 amide bonds. The zero-order chi connectivity index (χ0) is 21.0. The van der Waals surface area contributed by atoms with Gasteiger partial charge in [-0.3, -0.25) is 0 Å². The van der Waals surface area contributed by atoms with Gasteiger partial charge in [0.05, 0.1) is 13.1 Å². The summed E-state index contributed by atoms with van der Waals surface area (Å²) < 4.78 is 9.31. The van der Waals surface area contributed by atoms with Crippen molar-refractivity contribution < 1.29 is 19.4 Å². The normalized spacial score (nSPS) is 9.00. The molecule has 0 aliphatic carbocycles. The van der Waals surface area contributed by atoms with E-state index in [1.807, 2.05) is 0 Å². The number of carboxylic acids is 1.